The molecule has 0 spiro atoms. The van der Waals surface area contributed by atoms with Gasteiger partial charge in [0.2, 0.25) is 5.91 Å². The summed E-state index contributed by atoms with van der Waals surface area (Å²) < 4.78 is 0. The number of rotatable bonds is 8. The van der Waals surface area contributed by atoms with E-state index in [9.17, 15) is 4.79 Å². The third-order valence-corrected chi connectivity index (χ3v) is 4.56. The van der Waals surface area contributed by atoms with Crippen LogP contribution in [0.2, 0.25) is 5.02 Å². The third kappa shape index (κ3) is 5.08. The number of nitrogens with one attached hydrogen (secondary N) is 1. The summed E-state index contributed by atoms with van der Waals surface area (Å²) >= 11 is 6.38. The second kappa shape index (κ2) is 9.45. The van der Waals surface area contributed by atoms with E-state index in [4.69, 9.17) is 11.6 Å². The first-order valence-corrected chi connectivity index (χ1v) is 8.82. The van der Waals surface area contributed by atoms with Crippen LogP contribution in [-0.2, 0) is 11.2 Å². The molecule has 0 saturated heterocycles. The molecule has 128 valence electrons. The standard InChI is InChI=1S/C20H25ClN2O/c1-3-23(4-2)19(17-12-8-9-13-18(17)21)15-22-20(24)14-16-10-6-5-7-11-16/h5-13,19H,3-4,14-15H2,1-2H3,(H,22,24). The SMILES string of the molecule is CCN(CC)C(CNC(=O)Cc1ccccc1)c1ccccc1Cl. The van der Waals surface area contributed by atoms with Gasteiger partial charge in [0.05, 0.1) is 12.5 Å². The first-order valence-electron chi connectivity index (χ1n) is 8.44. The highest BCUT2D eigenvalue weighted by Crippen LogP contribution is 2.26. The summed E-state index contributed by atoms with van der Waals surface area (Å²) in [6.07, 6.45) is 0.397. The molecule has 1 atom stereocenters. The number of carbonyl (C=O) groups is 1. The number of carbonyl (C=O) groups excluding carboxylic acids is 1. The van der Waals surface area contributed by atoms with Crippen LogP contribution in [0.25, 0.3) is 0 Å². The van der Waals surface area contributed by atoms with Crippen LogP contribution < -0.4 is 5.32 Å². The summed E-state index contributed by atoms with van der Waals surface area (Å²) in [5.41, 5.74) is 2.08. The molecular weight excluding hydrogens is 320 g/mol. The van der Waals surface area contributed by atoms with Gasteiger partial charge < -0.3 is 5.32 Å². The number of nitrogens with zero attached hydrogens (tertiary/aromatic N) is 1. The van der Waals surface area contributed by atoms with Crippen molar-refractivity contribution in [1.82, 2.24) is 10.2 Å². The van der Waals surface area contributed by atoms with E-state index in [1.165, 1.54) is 0 Å². The van der Waals surface area contributed by atoms with Gasteiger partial charge in [-0.25, -0.2) is 0 Å². The van der Waals surface area contributed by atoms with Crippen molar-refractivity contribution in [2.45, 2.75) is 26.3 Å². The van der Waals surface area contributed by atoms with Crippen molar-refractivity contribution in [2.75, 3.05) is 19.6 Å². The third-order valence-electron chi connectivity index (χ3n) is 4.22. The molecule has 0 aliphatic carbocycles. The normalized spacial score (nSPS) is 12.2. The average Bonchev–Trinajstić information content (AvgIpc) is 2.60. The summed E-state index contributed by atoms with van der Waals surface area (Å²) in [5.74, 6) is 0.0328. The first-order chi connectivity index (χ1) is 11.7. The average molecular weight is 345 g/mol. The molecule has 3 nitrogen and oxygen atoms in total. The Bertz CT molecular complexity index is 641. The van der Waals surface area contributed by atoms with Crippen molar-refractivity contribution in [3.63, 3.8) is 0 Å². The molecule has 1 unspecified atom stereocenters. The molecule has 0 heterocycles. The Kier molecular flexibility index (Phi) is 7.29. The molecule has 0 aliphatic rings. The molecule has 0 aromatic heterocycles. The molecule has 0 saturated carbocycles. The zero-order valence-corrected chi connectivity index (χ0v) is 15.1. The van der Waals surface area contributed by atoms with Crippen LogP contribution in [0, 0.1) is 0 Å². The Morgan fingerprint density at radius 3 is 2.29 bits per heavy atom. The van der Waals surface area contributed by atoms with Crippen molar-refractivity contribution < 1.29 is 4.79 Å². The predicted molar refractivity (Wildman–Crippen MR) is 100 cm³/mol. The van der Waals surface area contributed by atoms with E-state index in [2.05, 4.69) is 24.1 Å². The van der Waals surface area contributed by atoms with Gasteiger partial charge >= 0.3 is 0 Å². The second-order valence-electron chi connectivity index (χ2n) is 5.72. The monoisotopic (exact) mass is 344 g/mol. The first kappa shape index (κ1) is 18.5. The Morgan fingerprint density at radius 2 is 1.67 bits per heavy atom. The van der Waals surface area contributed by atoms with Gasteiger partial charge in [-0.3, -0.25) is 9.69 Å². The molecule has 0 radical (unpaired) electrons. The fourth-order valence-corrected chi connectivity index (χ4v) is 3.16. The van der Waals surface area contributed by atoms with Gasteiger partial charge in [0.1, 0.15) is 0 Å². The Labute approximate surface area is 149 Å². The van der Waals surface area contributed by atoms with E-state index >= 15 is 0 Å². The number of amides is 1. The predicted octanol–water partition coefficient (Wildman–Crippen LogP) is 4.08. The minimum Gasteiger partial charge on any atom is -0.354 e. The summed E-state index contributed by atoms with van der Waals surface area (Å²) in [6.45, 7) is 6.61. The Hall–Kier alpha value is -1.84. The maximum absolute atomic E-state index is 12.3. The van der Waals surface area contributed by atoms with Gasteiger partial charge in [-0.2, -0.15) is 0 Å². The quantitative estimate of drug-likeness (QED) is 0.782. The van der Waals surface area contributed by atoms with Gasteiger partial charge in [0.15, 0.2) is 0 Å². The molecule has 0 bridgehead atoms. The summed E-state index contributed by atoms with van der Waals surface area (Å²) in [4.78, 5) is 14.6. The minimum absolute atomic E-state index is 0.0328. The van der Waals surface area contributed by atoms with Gasteiger partial charge in [0.25, 0.3) is 0 Å². The van der Waals surface area contributed by atoms with E-state index in [1.54, 1.807) is 0 Å². The largest absolute Gasteiger partial charge is 0.354 e. The van der Waals surface area contributed by atoms with E-state index in [-0.39, 0.29) is 11.9 Å². The number of likely N-dealkylation sites (N-methyl/N-ethyl adjacent to an activating group) is 1. The van der Waals surface area contributed by atoms with Crippen LogP contribution in [0.1, 0.15) is 31.0 Å². The molecule has 2 aromatic carbocycles. The highest BCUT2D eigenvalue weighted by molar-refractivity contribution is 6.31. The summed E-state index contributed by atoms with van der Waals surface area (Å²) in [5, 5.41) is 3.81. The highest BCUT2D eigenvalue weighted by Gasteiger charge is 2.20. The number of halogens is 1. The van der Waals surface area contributed by atoms with Gasteiger partial charge in [-0.15, -0.1) is 0 Å². The minimum atomic E-state index is 0.0328. The van der Waals surface area contributed by atoms with Crippen molar-refractivity contribution >= 4 is 17.5 Å². The zero-order chi connectivity index (χ0) is 17.4. The van der Waals surface area contributed by atoms with Crippen molar-refractivity contribution in [3.05, 3.63) is 70.7 Å². The van der Waals surface area contributed by atoms with Crippen LogP contribution in [0.4, 0.5) is 0 Å². The maximum Gasteiger partial charge on any atom is 0.224 e. The highest BCUT2D eigenvalue weighted by atomic mass is 35.5. The fraction of sp³-hybridized carbons (Fsp3) is 0.350. The lowest BCUT2D eigenvalue weighted by Gasteiger charge is -2.31. The number of hydrogen-bond acceptors (Lipinski definition) is 2. The number of benzene rings is 2. The molecule has 0 fully saturated rings. The number of hydrogen-bond donors (Lipinski definition) is 1. The van der Waals surface area contributed by atoms with Gasteiger partial charge in [-0.1, -0.05) is 74.0 Å². The Morgan fingerprint density at radius 1 is 1.04 bits per heavy atom. The van der Waals surface area contributed by atoms with Crippen LogP contribution in [-0.4, -0.2) is 30.4 Å². The topological polar surface area (TPSA) is 32.3 Å². The van der Waals surface area contributed by atoms with Crippen LogP contribution in [0.5, 0.6) is 0 Å². The lowest BCUT2D eigenvalue weighted by molar-refractivity contribution is -0.120. The van der Waals surface area contributed by atoms with E-state index in [1.807, 2.05) is 54.6 Å². The fourth-order valence-electron chi connectivity index (χ4n) is 2.90. The molecule has 0 aliphatic heterocycles. The zero-order valence-electron chi connectivity index (χ0n) is 14.3. The van der Waals surface area contributed by atoms with Crippen molar-refractivity contribution in [2.24, 2.45) is 0 Å². The summed E-state index contributed by atoms with van der Waals surface area (Å²) in [7, 11) is 0. The van der Waals surface area contributed by atoms with Crippen molar-refractivity contribution in [1.29, 1.82) is 0 Å². The molecule has 1 N–H and O–H groups in total. The molecule has 24 heavy (non-hydrogen) atoms. The molecule has 2 rings (SSSR count). The van der Waals surface area contributed by atoms with Crippen molar-refractivity contribution in [3.8, 4) is 0 Å². The molecule has 2 aromatic rings. The van der Waals surface area contributed by atoms with Crippen LogP contribution in [0.3, 0.4) is 0 Å². The lowest BCUT2D eigenvalue weighted by atomic mass is 10.0. The summed E-state index contributed by atoms with van der Waals surface area (Å²) in [6, 6.07) is 17.7. The lowest BCUT2D eigenvalue weighted by Crippen LogP contribution is -2.38. The van der Waals surface area contributed by atoms with E-state index in [0.29, 0.717) is 13.0 Å². The van der Waals surface area contributed by atoms with E-state index in [0.717, 1.165) is 29.2 Å². The molecule has 4 heteroatoms. The molecule has 1 amide bonds. The maximum atomic E-state index is 12.3. The smallest absolute Gasteiger partial charge is 0.224 e. The van der Waals surface area contributed by atoms with Crippen LogP contribution >= 0.6 is 11.6 Å². The van der Waals surface area contributed by atoms with Gasteiger partial charge in [0, 0.05) is 11.6 Å². The second-order valence-corrected chi connectivity index (χ2v) is 6.13. The molecular formula is C20H25ClN2O. The van der Waals surface area contributed by atoms with Crippen LogP contribution in [0.15, 0.2) is 54.6 Å². The van der Waals surface area contributed by atoms with Gasteiger partial charge in [-0.05, 0) is 30.3 Å². The van der Waals surface area contributed by atoms with E-state index < -0.39 is 0 Å². The Balaban J connectivity index is 2.06.